The van der Waals surface area contributed by atoms with Crippen molar-refractivity contribution in [3.05, 3.63) is 47.3 Å². The lowest BCUT2D eigenvalue weighted by atomic mass is 9.99. The van der Waals surface area contributed by atoms with Gasteiger partial charge in [-0.3, -0.25) is 4.68 Å². The third-order valence-electron chi connectivity index (χ3n) is 3.34. The predicted molar refractivity (Wildman–Crippen MR) is 81.1 cm³/mol. The van der Waals surface area contributed by atoms with Crippen molar-refractivity contribution in [2.24, 2.45) is 7.05 Å². The van der Waals surface area contributed by atoms with Gasteiger partial charge in [0.05, 0.1) is 18.3 Å². The number of hydrogen-bond acceptors (Lipinski definition) is 3. The molecule has 0 aliphatic heterocycles. The summed E-state index contributed by atoms with van der Waals surface area (Å²) in [6.45, 7) is 4.91. The molecule has 0 radical (unpaired) electrons. The van der Waals surface area contributed by atoms with E-state index in [1.54, 1.807) is 0 Å². The number of nitrogens with one attached hydrogen (secondary N) is 1. The van der Waals surface area contributed by atoms with E-state index >= 15 is 0 Å². The van der Waals surface area contributed by atoms with Crippen LogP contribution in [0.5, 0.6) is 5.75 Å². The van der Waals surface area contributed by atoms with Crippen LogP contribution in [0.15, 0.2) is 30.5 Å². The first-order valence-electron chi connectivity index (χ1n) is 7.05. The highest BCUT2D eigenvalue weighted by molar-refractivity contribution is 5.36. The van der Waals surface area contributed by atoms with Gasteiger partial charge in [0.15, 0.2) is 0 Å². The Balaban J connectivity index is 2.21. The maximum atomic E-state index is 5.62. The molecule has 0 bridgehead atoms. The molecule has 0 spiro atoms. The smallest absolute Gasteiger partial charge is 0.119 e. The van der Waals surface area contributed by atoms with Crippen LogP contribution < -0.4 is 10.1 Å². The van der Waals surface area contributed by atoms with E-state index < -0.39 is 0 Å². The zero-order valence-electron chi connectivity index (χ0n) is 12.7. The Bertz CT molecular complexity index is 545. The van der Waals surface area contributed by atoms with Crippen molar-refractivity contribution in [1.82, 2.24) is 15.1 Å². The lowest BCUT2D eigenvalue weighted by Gasteiger charge is -2.16. The summed E-state index contributed by atoms with van der Waals surface area (Å²) in [6.07, 6.45) is 3.09. The number of aryl methyl sites for hydroxylation is 2. The van der Waals surface area contributed by atoms with Crippen LogP contribution in [0, 0.1) is 6.92 Å². The van der Waals surface area contributed by atoms with Crippen LogP contribution in [0.3, 0.4) is 0 Å². The molecule has 0 fully saturated rings. The average Bonchev–Trinajstić information content (AvgIpc) is 2.78. The van der Waals surface area contributed by atoms with Gasteiger partial charge >= 0.3 is 0 Å². The summed E-state index contributed by atoms with van der Waals surface area (Å²) in [4.78, 5) is 0. The molecular formula is C16H23N3O. The second-order valence-electron chi connectivity index (χ2n) is 4.98. The summed E-state index contributed by atoms with van der Waals surface area (Å²) in [5.74, 6) is 0.924. The van der Waals surface area contributed by atoms with Crippen molar-refractivity contribution in [2.45, 2.75) is 26.3 Å². The molecule has 0 amide bonds. The van der Waals surface area contributed by atoms with Crippen molar-refractivity contribution in [2.75, 3.05) is 13.7 Å². The minimum Gasteiger partial charge on any atom is -0.494 e. The molecule has 1 atom stereocenters. The summed E-state index contributed by atoms with van der Waals surface area (Å²) in [7, 11) is 3.92. The van der Waals surface area contributed by atoms with Gasteiger partial charge in [-0.2, -0.15) is 5.10 Å². The Morgan fingerprint density at radius 1 is 1.30 bits per heavy atom. The van der Waals surface area contributed by atoms with Crippen LogP contribution in [0.25, 0.3) is 0 Å². The van der Waals surface area contributed by atoms with Gasteiger partial charge in [0.2, 0.25) is 0 Å². The molecule has 20 heavy (non-hydrogen) atoms. The van der Waals surface area contributed by atoms with Crippen LogP contribution in [0.4, 0.5) is 0 Å². The highest BCUT2D eigenvalue weighted by atomic mass is 16.5. The van der Waals surface area contributed by atoms with Crippen LogP contribution in [-0.4, -0.2) is 23.4 Å². The second kappa shape index (κ2) is 6.57. The maximum Gasteiger partial charge on any atom is 0.119 e. The summed E-state index contributed by atoms with van der Waals surface area (Å²) in [5, 5.41) is 7.77. The molecule has 0 aliphatic carbocycles. The second-order valence-corrected chi connectivity index (χ2v) is 4.98. The normalized spacial score (nSPS) is 12.4. The molecule has 4 nitrogen and oxygen atoms in total. The molecule has 0 saturated carbocycles. The quantitative estimate of drug-likeness (QED) is 0.879. The van der Waals surface area contributed by atoms with Crippen molar-refractivity contribution < 1.29 is 4.74 Å². The Morgan fingerprint density at radius 2 is 2.00 bits per heavy atom. The number of benzene rings is 1. The number of hydrogen-bond donors (Lipinski definition) is 1. The average molecular weight is 273 g/mol. The summed E-state index contributed by atoms with van der Waals surface area (Å²) in [6, 6.07) is 8.43. The lowest BCUT2D eigenvalue weighted by Crippen LogP contribution is -2.18. The highest BCUT2D eigenvalue weighted by Gasteiger charge is 2.16. The Labute approximate surface area is 120 Å². The van der Waals surface area contributed by atoms with E-state index in [1.807, 2.05) is 37.8 Å². The number of aromatic nitrogens is 2. The first-order valence-corrected chi connectivity index (χ1v) is 7.05. The molecule has 4 heteroatoms. The van der Waals surface area contributed by atoms with E-state index in [9.17, 15) is 0 Å². The van der Waals surface area contributed by atoms with Gasteiger partial charge in [0, 0.05) is 18.8 Å². The van der Waals surface area contributed by atoms with E-state index in [-0.39, 0.29) is 6.04 Å². The van der Waals surface area contributed by atoms with E-state index in [4.69, 9.17) is 4.74 Å². The third kappa shape index (κ3) is 3.20. The highest BCUT2D eigenvalue weighted by Crippen LogP contribution is 2.25. The van der Waals surface area contributed by atoms with Gasteiger partial charge in [-0.25, -0.2) is 0 Å². The fourth-order valence-corrected chi connectivity index (χ4v) is 2.38. The molecular weight excluding hydrogens is 250 g/mol. The maximum absolute atomic E-state index is 5.62. The van der Waals surface area contributed by atoms with Crippen molar-refractivity contribution in [3.8, 4) is 5.75 Å². The Kier molecular flexibility index (Phi) is 4.79. The van der Waals surface area contributed by atoms with Crippen molar-refractivity contribution >= 4 is 0 Å². The zero-order valence-corrected chi connectivity index (χ0v) is 12.7. The van der Waals surface area contributed by atoms with Gasteiger partial charge < -0.3 is 10.1 Å². The van der Waals surface area contributed by atoms with Crippen LogP contribution in [0.2, 0.25) is 0 Å². The molecule has 0 aliphatic rings. The van der Waals surface area contributed by atoms with Gasteiger partial charge in [-0.05, 0) is 38.1 Å². The van der Waals surface area contributed by atoms with Crippen LogP contribution in [0.1, 0.15) is 36.2 Å². The van der Waals surface area contributed by atoms with E-state index in [0.717, 1.165) is 24.5 Å². The number of rotatable bonds is 6. The Hall–Kier alpha value is -1.81. The fourth-order valence-electron chi connectivity index (χ4n) is 2.38. The molecule has 1 aromatic heterocycles. The minimum atomic E-state index is 0.156. The van der Waals surface area contributed by atoms with Crippen LogP contribution >= 0.6 is 0 Å². The lowest BCUT2D eigenvalue weighted by molar-refractivity contribution is 0.317. The molecule has 2 rings (SSSR count). The third-order valence-corrected chi connectivity index (χ3v) is 3.34. The topological polar surface area (TPSA) is 39.1 Å². The van der Waals surface area contributed by atoms with Gasteiger partial charge in [0.1, 0.15) is 5.75 Å². The summed E-state index contributed by atoms with van der Waals surface area (Å²) in [5.41, 5.74) is 3.47. The first kappa shape index (κ1) is 14.6. The van der Waals surface area contributed by atoms with E-state index in [1.165, 1.54) is 11.1 Å². The largest absolute Gasteiger partial charge is 0.494 e. The molecule has 1 unspecified atom stereocenters. The van der Waals surface area contributed by atoms with Gasteiger partial charge in [0.25, 0.3) is 0 Å². The standard InChI is InChI=1S/C16H23N3O/c1-5-10-20-14-8-6-13(7-9-14)16(17-3)15-11-19(4)18-12(15)2/h6-9,11,16-17H,5,10H2,1-4H3. The molecule has 108 valence electrons. The van der Waals surface area contributed by atoms with Gasteiger partial charge in [-0.15, -0.1) is 0 Å². The SMILES string of the molecule is CCCOc1ccc(C(NC)c2cn(C)nc2C)cc1. The zero-order chi connectivity index (χ0) is 14.5. The molecule has 2 aromatic rings. The predicted octanol–water partition coefficient (Wildman–Crippen LogP) is 2.83. The first-order chi connectivity index (χ1) is 9.65. The summed E-state index contributed by atoms with van der Waals surface area (Å²) >= 11 is 0. The fraction of sp³-hybridized carbons (Fsp3) is 0.438. The minimum absolute atomic E-state index is 0.156. The van der Waals surface area contributed by atoms with Crippen molar-refractivity contribution in [3.63, 3.8) is 0 Å². The monoisotopic (exact) mass is 273 g/mol. The van der Waals surface area contributed by atoms with Crippen molar-refractivity contribution in [1.29, 1.82) is 0 Å². The number of nitrogens with zero attached hydrogens (tertiary/aromatic N) is 2. The molecule has 0 saturated heterocycles. The molecule has 1 aromatic carbocycles. The number of ether oxygens (including phenoxy) is 1. The van der Waals surface area contributed by atoms with E-state index in [0.29, 0.717) is 0 Å². The van der Waals surface area contributed by atoms with E-state index in [2.05, 4.69) is 35.7 Å². The molecule has 1 heterocycles. The summed E-state index contributed by atoms with van der Waals surface area (Å²) < 4.78 is 7.48. The molecule has 1 N–H and O–H groups in total. The Morgan fingerprint density at radius 3 is 2.50 bits per heavy atom. The van der Waals surface area contributed by atoms with Crippen LogP contribution in [-0.2, 0) is 7.05 Å². The van der Waals surface area contributed by atoms with Gasteiger partial charge in [-0.1, -0.05) is 19.1 Å².